The molecule has 22 heteroatoms. The molecule has 4 aromatic heterocycles. The SMILES string of the molecule is CCn1nc(C)cc1C(=O)Nc1nc2cc(C(N)=O)cc(OCCCNC(=O)CN(C)C)c2n1CCC[C@H]1COc2cc(C(N)=O)cc3nc(NC(=O)c4c(Cl)c(C)nn4CC)n1c23. The molecule has 5 amide bonds. The lowest BCUT2D eigenvalue weighted by Gasteiger charge is -2.27. The quantitative estimate of drug-likeness (QED) is 0.0730. The third-order valence-electron chi connectivity index (χ3n) is 10.7. The number of nitrogens with two attached hydrogens (primary N) is 2. The number of carbonyl (C=O) groups excluding carboxylic acids is 5. The summed E-state index contributed by atoms with van der Waals surface area (Å²) >= 11 is 6.56. The second-order valence-electron chi connectivity index (χ2n) is 15.7. The summed E-state index contributed by atoms with van der Waals surface area (Å²) in [5.74, 6) is -1.40. The van der Waals surface area contributed by atoms with E-state index in [-0.39, 0.29) is 66.0 Å². The average Bonchev–Trinajstić information content (AvgIpc) is 3.99. The number of nitrogens with zero attached hydrogens (tertiary/aromatic N) is 9. The van der Waals surface area contributed by atoms with Crippen molar-refractivity contribution in [3.05, 3.63) is 69.3 Å². The van der Waals surface area contributed by atoms with Gasteiger partial charge < -0.3 is 40.3 Å². The van der Waals surface area contributed by atoms with E-state index in [0.717, 1.165) is 0 Å². The fraction of sp³-hybridized carbons (Fsp3) is 0.405. The van der Waals surface area contributed by atoms with Gasteiger partial charge in [0.1, 0.15) is 40.5 Å². The van der Waals surface area contributed by atoms with Gasteiger partial charge in [-0.1, -0.05) is 11.6 Å². The van der Waals surface area contributed by atoms with Crippen molar-refractivity contribution in [1.29, 1.82) is 0 Å². The van der Waals surface area contributed by atoms with Crippen LogP contribution in [-0.2, 0) is 24.4 Å². The van der Waals surface area contributed by atoms with Gasteiger partial charge in [-0.25, -0.2) is 9.97 Å². The van der Waals surface area contributed by atoms with E-state index in [1.54, 1.807) is 61.8 Å². The number of amides is 5. The summed E-state index contributed by atoms with van der Waals surface area (Å²) < 4.78 is 19.3. The van der Waals surface area contributed by atoms with Crippen molar-refractivity contribution in [3.8, 4) is 11.5 Å². The number of halogens is 1. The molecule has 1 aliphatic rings. The molecule has 5 heterocycles. The largest absolute Gasteiger partial charge is 0.491 e. The molecule has 7 rings (SSSR count). The number of hydrogen-bond donors (Lipinski definition) is 5. The second-order valence-corrected chi connectivity index (χ2v) is 16.0. The van der Waals surface area contributed by atoms with Crippen molar-refractivity contribution in [3.63, 3.8) is 0 Å². The van der Waals surface area contributed by atoms with E-state index in [0.29, 0.717) is 89.5 Å². The molecule has 64 heavy (non-hydrogen) atoms. The van der Waals surface area contributed by atoms with Crippen LogP contribution in [-0.4, -0.2) is 113 Å². The summed E-state index contributed by atoms with van der Waals surface area (Å²) in [5, 5.41) is 17.8. The van der Waals surface area contributed by atoms with Crippen LogP contribution in [0.25, 0.3) is 22.1 Å². The van der Waals surface area contributed by atoms with Crippen molar-refractivity contribution in [1.82, 2.24) is 48.9 Å². The van der Waals surface area contributed by atoms with Gasteiger partial charge in [-0.15, -0.1) is 0 Å². The van der Waals surface area contributed by atoms with Crippen molar-refractivity contribution in [2.75, 3.05) is 51.0 Å². The first-order valence-corrected chi connectivity index (χ1v) is 21.2. The minimum atomic E-state index is -0.697. The Morgan fingerprint density at radius 1 is 0.875 bits per heavy atom. The first kappa shape index (κ1) is 45.0. The van der Waals surface area contributed by atoms with Crippen LogP contribution >= 0.6 is 11.6 Å². The zero-order valence-electron chi connectivity index (χ0n) is 36.5. The normalized spacial score (nSPS) is 13.3. The molecule has 6 aromatic rings. The number of carbonyl (C=O) groups is 5. The Labute approximate surface area is 372 Å². The summed E-state index contributed by atoms with van der Waals surface area (Å²) in [6.07, 6.45) is 1.36. The van der Waals surface area contributed by atoms with Crippen LogP contribution in [0.3, 0.4) is 0 Å². The first-order valence-electron chi connectivity index (χ1n) is 20.8. The van der Waals surface area contributed by atoms with E-state index in [2.05, 4.69) is 26.1 Å². The lowest BCUT2D eigenvalue weighted by molar-refractivity contribution is -0.121. The molecule has 0 radical (unpaired) electrons. The Morgan fingerprint density at radius 3 is 2.23 bits per heavy atom. The van der Waals surface area contributed by atoms with Crippen LogP contribution < -0.4 is 36.9 Å². The van der Waals surface area contributed by atoms with Crippen LogP contribution in [0.15, 0.2) is 30.3 Å². The lowest BCUT2D eigenvalue weighted by atomic mass is 10.1. The van der Waals surface area contributed by atoms with E-state index in [1.165, 1.54) is 10.7 Å². The monoisotopic (exact) mass is 898 g/mol. The molecule has 338 valence electrons. The van der Waals surface area contributed by atoms with Gasteiger partial charge in [-0.05, 0) is 91.4 Å². The van der Waals surface area contributed by atoms with Gasteiger partial charge in [-0.3, -0.25) is 44.0 Å². The van der Waals surface area contributed by atoms with Crippen molar-refractivity contribution < 1.29 is 33.4 Å². The number of primary amides is 2. The fourth-order valence-electron chi connectivity index (χ4n) is 7.77. The number of nitrogens with one attached hydrogen (secondary N) is 3. The number of ether oxygens (including phenoxy) is 2. The molecular formula is C42H51ClN14O7. The number of aromatic nitrogens is 8. The Kier molecular flexibility index (Phi) is 13.2. The van der Waals surface area contributed by atoms with Crippen LogP contribution in [0, 0.1) is 13.8 Å². The third kappa shape index (κ3) is 9.20. The molecule has 0 fully saturated rings. The zero-order chi connectivity index (χ0) is 46.0. The molecule has 0 saturated heterocycles. The number of imidazole rings is 2. The molecule has 1 aliphatic heterocycles. The van der Waals surface area contributed by atoms with Crippen LogP contribution in [0.5, 0.6) is 11.5 Å². The van der Waals surface area contributed by atoms with E-state index < -0.39 is 29.7 Å². The van der Waals surface area contributed by atoms with Gasteiger partial charge >= 0.3 is 0 Å². The topological polar surface area (TPSA) is 266 Å². The standard InChI is InChI=1S/C42H51ClN14O7/c1-7-55-29(15-22(3)51-55)39(61)49-41-47-27-16-24(37(44)59)18-30(63-14-10-12-46-32(58)20-53(5)6)34(27)54(41)13-9-11-26-21-64-31-19-25(38(45)60)17-28-35(31)57(26)42(48-28)50-40(62)36-33(43)23(4)52-56(36)8-2/h15-19,26H,7-14,20-21H2,1-6H3,(H2,44,59)(H2,45,60)(H,46,58)(H,47,49,61)(H,48,50,62)/t26-/m0/s1. The highest BCUT2D eigenvalue weighted by molar-refractivity contribution is 6.34. The predicted molar refractivity (Wildman–Crippen MR) is 238 cm³/mol. The minimum absolute atomic E-state index is 0.127. The van der Waals surface area contributed by atoms with Gasteiger partial charge in [0.15, 0.2) is 0 Å². The number of benzene rings is 2. The second kappa shape index (κ2) is 18.8. The zero-order valence-corrected chi connectivity index (χ0v) is 37.2. The van der Waals surface area contributed by atoms with E-state index in [1.807, 2.05) is 23.0 Å². The van der Waals surface area contributed by atoms with Crippen molar-refractivity contribution in [2.24, 2.45) is 11.5 Å². The molecule has 0 bridgehead atoms. The third-order valence-corrected chi connectivity index (χ3v) is 11.1. The number of likely N-dealkylation sites (N-methyl/N-ethyl adjacent to an activating group) is 1. The molecule has 0 spiro atoms. The Balaban J connectivity index is 1.22. The van der Waals surface area contributed by atoms with Crippen molar-refractivity contribution >= 4 is 75.1 Å². The minimum Gasteiger partial charge on any atom is -0.491 e. The molecule has 2 aromatic carbocycles. The summed E-state index contributed by atoms with van der Waals surface area (Å²) in [6, 6.07) is 7.47. The maximum atomic E-state index is 13.9. The van der Waals surface area contributed by atoms with Crippen molar-refractivity contribution in [2.45, 2.75) is 72.6 Å². The molecule has 7 N–H and O–H groups in total. The Hall–Kier alpha value is -7.00. The lowest BCUT2D eigenvalue weighted by Crippen LogP contribution is -2.34. The number of anilines is 2. The van der Waals surface area contributed by atoms with Crippen LogP contribution in [0.4, 0.5) is 11.9 Å². The van der Waals surface area contributed by atoms with E-state index in [4.69, 9.17) is 42.5 Å². The smallest absolute Gasteiger partial charge is 0.277 e. The van der Waals surface area contributed by atoms with Crippen LogP contribution in [0.1, 0.15) is 92.2 Å². The number of fused-ring (bicyclic) bond motifs is 1. The first-order chi connectivity index (χ1) is 30.6. The van der Waals surface area contributed by atoms with E-state index in [9.17, 15) is 24.0 Å². The predicted octanol–water partition coefficient (Wildman–Crippen LogP) is 3.65. The highest BCUT2D eigenvalue weighted by Gasteiger charge is 2.31. The van der Waals surface area contributed by atoms with Gasteiger partial charge in [0.25, 0.3) is 11.8 Å². The molecule has 0 aliphatic carbocycles. The maximum absolute atomic E-state index is 13.9. The highest BCUT2D eigenvalue weighted by Crippen LogP contribution is 2.39. The summed E-state index contributed by atoms with van der Waals surface area (Å²) in [6.45, 7) is 9.29. The Morgan fingerprint density at radius 2 is 1.55 bits per heavy atom. The summed E-state index contributed by atoms with van der Waals surface area (Å²) in [7, 11) is 3.61. The molecular weight excluding hydrogens is 848 g/mol. The Bertz CT molecular complexity index is 2800. The number of aryl methyl sites for hydroxylation is 5. The molecule has 1 atom stereocenters. The van der Waals surface area contributed by atoms with Gasteiger partial charge in [-0.2, -0.15) is 10.2 Å². The number of hydrogen-bond acceptors (Lipinski definition) is 12. The fourth-order valence-corrected chi connectivity index (χ4v) is 7.99. The summed E-state index contributed by atoms with van der Waals surface area (Å²) in [5.41, 5.74) is 15.2. The molecule has 0 saturated carbocycles. The highest BCUT2D eigenvalue weighted by atomic mass is 35.5. The average molecular weight is 899 g/mol. The molecule has 21 nitrogen and oxygen atoms in total. The van der Waals surface area contributed by atoms with Gasteiger partial charge in [0, 0.05) is 37.3 Å². The summed E-state index contributed by atoms with van der Waals surface area (Å²) in [4.78, 5) is 76.1. The molecule has 0 unspecified atom stereocenters. The van der Waals surface area contributed by atoms with E-state index >= 15 is 0 Å². The number of rotatable bonds is 19. The maximum Gasteiger partial charge on any atom is 0.277 e. The van der Waals surface area contributed by atoms with Gasteiger partial charge in [0.05, 0.1) is 46.6 Å². The van der Waals surface area contributed by atoms with Crippen LogP contribution in [0.2, 0.25) is 5.02 Å². The van der Waals surface area contributed by atoms with Gasteiger partial charge in [0.2, 0.25) is 29.6 Å².